The first-order valence-corrected chi connectivity index (χ1v) is 14.0. The summed E-state index contributed by atoms with van der Waals surface area (Å²) in [5.41, 5.74) is 0. The lowest BCUT2D eigenvalue weighted by molar-refractivity contribution is 0.437. The molecule has 0 rings (SSSR count). The summed E-state index contributed by atoms with van der Waals surface area (Å²) in [6, 6.07) is 0. The Labute approximate surface area is 193 Å². The van der Waals surface area contributed by atoms with Gasteiger partial charge in [-0.2, -0.15) is 0 Å². The molecule has 178 valence electrons. The Morgan fingerprint density at radius 1 is 0.500 bits per heavy atom. The molecule has 0 aliphatic carbocycles. The maximum atomic E-state index is 3.92. The SMILES string of the molecule is [CH2]CCCCCCCCCCCC(C)CCCC/C=C/C(C)CCCCCCC[CH2]. The Morgan fingerprint density at radius 3 is 1.40 bits per heavy atom. The van der Waals surface area contributed by atoms with Crippen molar-refractivity contribution in [3.63, 3.8) is 0 Å². The fourth-order valence-corrected chi connectivity index (χ4v) is 4.40. The molecule has 0 fully saturated rings. The van der Waals surface area contributed by atoms with Gasteiger partial charge >= 0.3 is 0 Å². The highest BCUT2D eigenvalue weighted by atomic mass is 14.1. The Morgan fingerprint density at radius 2 is 0.900 bits per heavy atom. The Hall–Kier alpha value is -0.260. The molecule has 0 heteroatoms. The summed E-state index contributed by atoms with van der Waals surface area (Å²) < 4.78 is 0. The van der Waals surface area contributed by atoms with E-state index in [-0.39, 0.29) is 0 Å². The molecule has 0 aromatic rings. The normalized spacial score (nSPS) is 13.9. The number of rotatable bonds is 24. The third-order valence-electron chi connectivity index (χ3n) is 6.64. The lowest BCUT2D eigenvalue weighted by atomic mass is 9.96. The smallest absolute Gasteiger partial charge is 0.0262 e. The van der Waals surface area contributed by atoms with Gasteiger partial charge in [-0.25, -0.2) is 0 Å². The van der Waals surface area contributed by atoms with Crippen molar-refractivity contribution >= 4 is 0 Å². The fourth-order valence-electron chi connectivity index (χ4n) is 4.40. The van der Waals surface area contributed by atoms with Crippen molar-refractivity contribution in [2.24, 2.45) is 11.8 Å². The van der Waals surface area contributed by atoms with E-state index < -0.39 is 0 Å². The highest BCUT2D eigenvalue weighted by Gasteiger charge is 2.02. The summed E-state index contributed by atoms with van der Waals surface area (Å²) in [5.74, 6) is 1.70. The Balaban J connectivity index is 3.34. The fraction of sp³-hybridized carbons (Fsp3) is 0.867. The van der Waals surface area contributed by atoms with Crippen LogP contribution >= 0.6 is 0 Å². The van der Waals surface area contributed by atoms with E-state index in [4.69, 9.17) is 0 Å². The van der Waals surface area contributed by atoms with Gasteiger partial charge in [-0.3, -0.25) is 0 Å². The van der Waals surface area contributed by atoms with Crippen molar-refractivity contribution in [2.75, 3.05) is 0 Å². The van der Waals surface area contributed by atoms with Crippen LogP contribution in [-0.2, 0) is 0 Å². The van der Waals surface area contributed by atoms with E-state index in [1.807, 2.05) is 0 Å². The Kier molecular flexibility index (Phi) is 24.8. The van der Waals surface area contributed by atoms with Crippen molar-refractivity contribution in [1.29, 1.82) is 0 Å². The van der Waals surface area contributed by atoms with E-state index in [0.717, 1.165) is 24.7 Å². The lowest BCUT2D eigenvalue weighted by Gasteiger charge is -2.11. The molecule has 0 saturated heterocycles. The van der Waals surface area contributed by atoms with E-state index in [9.17, 15) is 0 Å². The molecule has 0 saturated carbocycles. The van der Waals surface area contributed by atoms with Gasteiger partial charge in [-0.15, -0.1) is 0 Å². The summed E-state index contributed by atoms with van der Waals surface area (Å²) in [5, 5.41) is 0. The zero-order chi connectivity index (χ0) is 22.1. The van der Waals surface area contributed by atoms with Crippen LogP contribution in [-0.4, -0.2) is 0 Å². The van der Waals surface area contributed by atoms with Crippen LogP contribution < -0.4 is 0 Å². The van der Waals surface area contributed by atoms with Gasteiger partial charge in [0.15, 0.2) is 0 Å². The van der Waals surface area contributed by atoms with Crippen LogP contribution in [0.15, 0.2) is 12.2 Å². The molecule has 0 aliphatic heterocycles. The molecular weight excluding hydrogens is 360 g/mol. The molecule has 2 radical (unpaired) electrons. The van der Waals surface area contributed by atoms with Crippen LogP contribution in [0.5, 0.6) is 0 Å². The minimum absolute atomic E-state index is 0.769. The number of hydrogen-bond acceptors (Lipinski definition) is 0. The van der Waals surface area contributed by atoms with Gasteiger partial charge in [0.05, 0.1) is 0 Å². The zero-order valence-corrected chi connectivity index (χ0v) is 21.3. The number of hydrogen-bond donors (Lipinski definition) is 0. The van der Waals surface area contributed by atoms with Crippen molar-refractivity contribution in [3.8, 4) is 0 Å². The molecular formula is C30H58. The van der Waals surface area contributed by atoms with Gasteiger partial charge in [0.25, 0.3) is 0 Å². The first kappa shape index (κ1) is 29.7. The van der Waals surface area contributed by atoms with Crippen molar-refractivity contribution < 1.29 is 0 Å². The third-order valence-corrected chi connectivity index (χ3v) is 6.64. The summed E-state index contributed by atoms with van der Waals surface area (Å²) in [6.45, 7) is 12.7. The van der Waals surface area contributed by atoms with Crippen molar-refractivity contribution in [3.05, 3.63) is 26.0 Å². The van der Waals surface area contributed by atoms with Gasteiger partial charge in [0.2, 0.25) is 0 Å². The van der Waals surface area contributed by atoms with Crippen molar-refractivity contribution in [1.82, 2.24) is 0 Å². The third kappa shape index (κ3) is 24.0. The van der Waals surface area contributed by atoms with Gasteiger partial charge < -0.3 is 0 Å². The van der Waals surface area contributed by atoms with Gasteiger partial charge in [0, 0.05) is 0 Å². The van der Waals surface area contributed by atoms with Crippen LogP contribution in [0.4, 0.5) is 0 Å². The van der Waals surface area contributed by atoms with E-state index in [1.54, 1.807) is 0 Å². The van der Waals surface area contributed by atoms with Crippen LogP contribution in [0, 0.1) is 25.7 Å². The maximum Gasteiger partial charge on any atom is -0.0262 e. The van der Waals surface area contributed by atoms with Gasteiger partial charge in [-0.05, 0) is 31.1 Å². The average Bonchev–Trinajstić information content (AvgIpc) is 2.74. The second-order valence-corrected chi connectivity index (χ2v) is 10.0. The highest BCUT2D eigenvalue weighted by molar-refractivity contribution is 4.86. The van der Waals surface area contributed by atoms with Crippen molar-refractivity contribution in [2.45, 2.75) is 155 Å². The minimum Gasteiger partial charge on any atom is -0.0883 e. The summed E-state index contributed by atoms with van der Waals surface area (Å²) in [4.78, 5) is 0. The van der Waals surface area contributed by atoms with Crippen LogP contribution in [0.3, 0.4) is 0 Å². The predicted molar refractivity (Wildman–Crippen MR) is 140 cm³/mol. The average molecular weight is 419 g/mol. The maximum absolute atomic E-state index is 3.92. The van der Waals surface area contributed by atoms with Gasteiger partial charge in [0.1, 0.15) is 0 Å². The Bertz CT molecular complexity index is 329. The first-order chi connectivity index (χ1) is 14.7. The molecule has 0 aromatic carbocycles. The van der Waals surface area contributed by atoms with Crippen LogP contribution in [0.2, 0.25) is 0 Å². The summed E-state index contributed by atoms with van der Waals surface area (Å²) in [6.07, 6.45) is 35.3. The zero-order valence-electron chi connectivity index (χ0n) is 21.3. The first-order valence-electron chi connectivity index (χ1n) is 14.0. The van der Waals surface area contributed by atoms with E-state index in [2.05, 4.69) is 39.8 Å². The van der Waals surface area contributed by atoms with E-state index in [1.165, 1.54) is 128 Å². The quantitative estimate of drug-likeness (QED) is 0.108. The van der Waals surface area contributed by atoms with E-state index >= 15 is 0 Å². The summed E-state index contributed by atoms with van der Waals surface area (Å²) in [7, 11) is 0. The molecule has 0 spiro atoms. The molecule has 2 unspecified atom stereocenters. The highest BCUT2D eigenvalue weighted by Crippen LogP contribution is 2.19. The molecule has 0 amide bonds. The summed E-state index contributed by atoms with van der Waals surface area (Å²) >= 11 is 0. The van der Waals surface area contributed by atoms with Crippen LogP contribution in [0.1, 0.15) is 155 Å². The molecule has 0 aliphatic rings. The molecule has 0 N–H and O–H groups in total. The topological polar surface area (TPSA) is 0 Å². The second kappa shape index (κ2) is 25.0. The van der Waals surface area contributed by atoms with Gasteiger partial charge in [-0.1, -0.05) is 162 Å². The monoisotopic (exact) mass is 418 g/mol. The largest absolute Gasteiger partial charge is 0.0883 e. The molecule has 0 nitrogen and oxygen atoms in total. The van der Waals surface area contributed by atoms with E-state index in [0.29, 0.717) is 0 Å². The molecule has 0 aromatic heterocycles. The molecule has 30 heavy (non-hydrogen) atoms. The number of allylic oxidation sites excluding steroid dienone is 2. The standard InChI is InChI=1S/C30H58/c1-5-7-9-11-13-14-15-16-18-22-26-30(4)28-24-20-19-23-27-29(3)25-21-17-12-10-8-6-2/h23,27,29-30H,1-2,5-22,24-26,28H2,3-4H3/b27-23+. The molecule has 0 bridgehead atoms. The number of unbranched alkanes of at least 4 members (excludes halogenated alkanes) is 16. The lowest BCUT2D eigenvalue weighted by Crippen LogP contribution is -1.95. The minimum atomic E-state index is 0.769. The molecule has 2 atom stereocenters. The predicted octanol–water partition coefficient (Wildman–Crippen LogP) is 11.1. The van der Waals surface area contributed by atoms with Crippen LogP contribution in [0.25, 0.3) is 0 Å². The molecule has 0 heterocycles. The second-order valence-electron chi connectivity index (χ2n) is 10.0.